The fourth-order valence-electron chi connectivity index (χ4n) is 1.58. The van der Waals surface area contributed by atoms with Gasteiger partial charge in [0.15, 0.2) is 0 Å². The minimum Gasteiger partial charge on any atom is -0.315 e. The van der Waals surface area contributed by atoms with Crippen LogP contribution in [0.1, 0.15) is 47.0 Å². The Morgan fingerprint density at radius 3 is 2.19 bits per heavy atom. The number of sulfone groups is 1. The molecule has 0 spiro atoms. The van der Waals surface area contributed by atoms with Gasteiger partial charge < -0.3 is 5.32 Å². The molecular formula is C12H27NO2S. The molecular weight excluding hydrogens is 222 g/mol. The van der Waals surface area contributed by atoms with Crippen molar-refractivity contribution in [2.75, 3.05) is 18.1 Å². The highest BCUT2D eigenvalue weighted by atomic mass is 32.2. The van der Waals surface area contributed by atoms with Crippen LogP contribution in [0.2, 0.25) is 0 Å². The Morgan fingerprint density at radius 2 is 1.69 bits per heavy atom. The molecule has 0 rings (SSSR count). The maximum Gasteiger partial charge on any atom is 0.150 e. The van der Waals surface area contributed by atoms with Gasteiger partial charge in [-0.05, 0) is 38.6 Å². The zero-order valence-electron chi connectivity index (χ0n) is 11.1. The van der Waals surface area contributed by atoms with E-state index >= 15 is 0 Å². The predicted octanol–water partition coefficient (Wildman–Crippen LogP) is 2.23. The summed E-state index contributed by atoms with van der Waals surface area (Å²) < 4.78 is 23.3. The quantitative estimate of drug-likeness (QED) is 0.681. The molecule has 0 aliphatic rings. The molecule has 0 heterocycles. The molecule has 3 nitrogen and oxygen atoms in total. The number of nitrogens with one attached hydrogen (secondary N) is 1. The van der Waals surface area contributed by atoms with Crippen LogP contribution in [0.4, 0.5) is 0 Å². The standard InChI is InChI=1S/C12H27NO2S/c1-5-13-12(4)7-6-9-16(14,15)10-8-11(2)3/h11-13H,5-10H2,1-4H3. The van der Waals surface area contributed by atoms with Gasteiger partial charge in [-0.1, -0.05) is 20.8 Å². The zero-order valence-corrected chi connectivity index (χ0v) is 11.9. The normalized spacial score (nSPS) is 14.3. The van der Waals surface area contributed by atoms with E-state index in [-0.39, 0.29) is 0 Å². The van der Waals surface area contributed by atoms with Crippen molar-refractivity contribution in [1.29, 1.82) is 0 Å². The van der Waals surface area contributed by atoms with Gasteiger partial charge in [-0.15, -0.1) is 0 Å². The summed E-state index contributed by atoms with van der Waals surface area (Å²) >= 11 is 0. The molecule has 1 unspecified atom stereocenters. The fraction of sp³-hybridized carbons (Fsp3) is 1.00. The number of hydrogen-bond acceptors (Lipinski definition) is 3. The van der Waals surface area contributed by atoms with Crippen molar-refractivity contribution >= 4 is 9.84 Å². The summed E-state index contributed by atoms with van der Waals surface area (Å²) in [4.78, 5) is 0. The van der Waals surface area contributed by atoms with Crippen LogP contribution in [0.15, 0.2) is 0 Å². The van der Waals surface area contributed by atoms with Gasteiger partial charge in [0.1, 0.15) is 9.84 Å². The molecule has 16 heavy (non-hydrogen) atoms. The van der Waals surface area contributed by atoms with E-state index in [9.17, 15) is 8.42 Å². The molecule has 0 aromatic heterocycles. The highest BCUT2D eigenvalue weighted by Gasteiger charge is 2.12. The Bertz CT molecular complexity index is 260. The van der Waals surface area contributed by atoms with Gasteiger partial charge in [-0.2, -0.15) is 0 Å². The van der Waals surface area contributed by atoms with E-state index in [0.29, 0.717) is 23.5 Å². The lowest BCUT2D eigenvalue weighted by Crippen LogP contribution is -2.26. The summed E-state index contributed by atoms with van der Waals surface area (Å²) in [6.45, 7) is 9.23. The van der Waals surface area contributed by atoms with E-state index in [0.717, 1.165) is 25.8 Å². The van der Waals surface area contributed by atoms with E-state index in [1.54, 1.807) is 0 Å². The average molecular weight is 249 g/mol. The Kier molecular flexibility index (Phi) is 8.02. The zero-order chi connectivity index (χ0) is 12.6. The Balaban J connectivity index is 3.74. The minimum absolute atomic E-state index is 0.343. The van der Waals surface area contributed by atoms with E-state index in [1.807, 2.05) is 0 Å². The van der Waals surface area contributed by atoms with Crippen LogP contribution in [0.3, 0.4) is 0 Å². The van der Waals surface area contributed by atoms with Crippen molar-refractivity contribution in [2.24, 2.45) is 5.92 Å². The molecule has 0 aromatic carbocycles. The second-order valence-corrected chi connectivity index (χ2v) is 7.24. The van der Waals surface area contributed by atoms with Crippen molar-refractivity contribution in [2.45, 2.75) is 53.0 Å². The number of rotatable bonds is 9. The lowest BCUT2D eigenvalue weighted by atomic mass is 10.2. The minimum atomic E-state index is -2.82. The molecule has 0 aliphatic carbocycles. The SMILES string of the molecule is CCNC(C)CCCS(=O)(=O)CCC(C)C. The fourth-order valence-corrected chi connectivity index (χ4v) is 3.22. The third-order valence-corrected chi connectivity index (χ3v) is 4.42. The summed E-state index contributed by atoms with van der Waals surface area (Å²) in [5.41, 5.74) is 0. The third-order valence-electron chi connectivity index (χ3n) is 2.65. The Labute approximate surface area is 101 Å². The average Bonchev–Trinajstić information content (AvgIpc) is 2.15. The first-order valence-electron chi connectivity index (χ1n) is 6.31. The van der Waals surface area contributed by atoms with Gasteiger partial charge in [0.05, 0.1) is 11.5 Å². The van der Waals surface area contributed by atoms with E-state index in [2.05, 4.69) is 33.0 Å². The Morgan fingerprint density at radius 1 is 1.06 bits per heavy atom. The molecule has 0 amide bonds. The second-order valence-electron chi connectivity index (χ2n) is 4.94. The smallest absolute Gasteiger partial charge is 0.150 e. The first-order valence-corrected chi connectivity index (χ1v) is 8.13. The number of hydrogen-bond donors (Lipinski definition) is 1. The molecule has 0 aliphatic heterocycles. The van der Waals surface area contributed by atoms with Crippen LogP contribution in [0.5, 0.6) is 0 Å². The largest absolute Gasteiger partial charge is 0.315 e. The van der Waals surface area contributed by atoms with Crippen molar-refractivity contribution in [3.63, 3.8) is 0 Å². The molecule has 4 heteroatoms. The molecule has 1 atom stereocenters. The summed E-state index contributed by atoms with van der Waals surface area (Å²) in [5, 5.41) is 3.29. The second kappa shape index (κ2) is 8.07. The Hall–Kier alpha value is -0.0900. The molecule has 98 valence electrons. The first-order chi connectivity index (χ1) is 7.37. The molecule has 0 bridgehead atoms. The van der Waals surface area contributed by atoms with Crippen molar-refractivity contribution in [3.05, 3.63) is 0 Å². The lowest BCUT2D eigenvalue weighted by Gasteiger charge is -2.12. The highest BCUT2D eigenvalue weighted by molar-refractivity contribution is 7.91. The van der Waals surface area contributed by atoms with Crippen molar-refractivity contribution in [3.8, 4) is 0 Å². The summed E-state index contributed by atoms with van der Waals surface area (Å²) in [6.07, 6.45) is 2.49. The summed E-state index contributed by atoms with van der Waals surface area (Å²) in [6, 6.07) is 0.422. The molecule has 0 saturated heterocycles. The van der Waals surface area contributed by atoms with Crippen LogP contribution in [-0.2, 0) is 9.84 Å². The van der Waals surface area contributed by atoms with Gasteiger partial charge >= 0.3 is 0 Å². The van der Waals surface area contributed by atoms with E-state index in [1.165, 1.54) is 0 Å². The van der Waals surface area contributed by atoms with Crippen LogP contribution in [0, 0.1) is 5.92 Å². The molecule has 1 N–H and O–H groups in total. The lowest BCUT2D eigenvalue weighted by molar-refractivity contribution is 0.519. The molecule has 0 fully saturated rings. The first kappa shape index (κ1) is 15.9. The van der Waals surface area contributed by atoms with E-state index in [4.69, 9.17) is 0 Å². The van der Waals surface area contributed by atoms with Crippen LogP contribution in [0.25, 0.3) is 0 Å². The van der Waals surface area contributed by atoms with Crippen LogP contribution in [-0.4, -0.2) is 32.5 Å². The van der Waals surface area contributed by atoms with Gasteiger partial charge in [-0.25, -0.2) is 8.42 Å². The van der Waals surface area contributed by atoms with Gasteiger partial charge in [-0.3, -0.25) is 0 Å². The summed E-state index contributed by atoms with van der Waals surface area (Å²) in [7, 11) is -2.82. The molecule has 0 saturated carbocycles. The van der Waals surface area contributed by atoms with Crippen molar-refractivity contribution in [1.82, 2.24) is 5.32 Å². The van der Waals surface area contributed by atoms with Crippen LogP contribution >= 0.6 is 0 Å². The topological polar surface area (TPSA) is 46.2 Å². The molecule has 0 aromatic rings. The van der Waals surface area contributed by atoms with Crippen LogP contribution < -0.4 is 5.32 Å². The van der Waals surface area contributed by atoms with E-state index < -0.39 is 9.84 Å². The van der Waals surface area contributed by atoms with Gasteiger partial charge in [0, 0.05) is 6.04 Å². The van der Waals surface area contributed by atoms with Crippen molar-refractivity contribution < 1.29 is 8.42 Å². The van der Waals surface area contributed by atoms with Gasteiger partial charge in [0.25, 0.3) is 0 Å². The van der Waals surface area contributed by atoms with Gasteiger partial charge in [0.2, 0.25) is 0 Å². The monoisotopic (exact) mass is 249 g/mol. The summed E-state index contributed by atoms with van der Waals surface area (Å²) in [5.74, 6) is 1.16. The highest BCUT2D eigenvalue weighted by Crippen LogP contribution is 2.06. The maximum absolute atomic E-state index is 11.7. The predicted molar refractivity (Wildman–Crippen MR) is 70.5 cm³/mol. The third kappa shape index (κ3) is 9.16. The maximum atomic E-state index is 11.7. The molecule has 0 radical (unpaired) electrons.